The highest BCUT2D eigenvalue weighted by Crippen LogP contribution is 2.17. The Morgan fingerprint density at radius 3 is 2.56 bits per heavy atom. The molecule has 2 nitrogen and oxygen atoms in total. The molecule has 0 saturated heterocycles. The lowest BCUT2D eigenvalue weighted by molar-refractivity contribution is 0.202. The lowest BCUT2D eigenvalue weighted by atomic mass is 10.0. The summed E-state index contributed by atoms with van der Waals surface area (Å²) >= 11 is 3.25. The molecular formula is C14H21BrFNO. The second-order valence-corrected chi connectivity index (χ2v) is 5.87. The number of benzene rings is 1. The first kappa shape index (κ1) is 15.6. The van der Waals surface area contributed by atoms with Crippen LogP contribution in [0.25, 0.3) is 0 Å². The molecule has 0 saturated carbocycles. The molecule has 2 N–H and O–H groups in total. The average molecular weight is 318 g/mol. The molecule has 0 bridgehead atoms. The van der Waals surface area contributed by atoms with Crippen molar-refractivity contribution in [3.8, 4) is 0 Å². The minimum atomic E-state index is -0.180. The van der Waals surface area contributed by atoms with Crippen LogP contribution < -0.4 is 5.32 Å². The highest BCUT2D eigenvalue weighted by atomic mass is 79.9. The average Bonchev–Trinajstić information content (AvgIpc) is 2.31. The van der Waals surface area contributed by atoms with E-state index in [1.165, 1.54) is 6.07 Å². The summed E-state index contributed by atoms with van der Waals surface area (Å²) < 4.78 is 14.4. The SMILES string of the molecule is CC(Cc1ccc(Br)cc1F)NC(C)C(C)CO. The topological polar surface area (TPSA) is 32.3 Å². The molecule has 102 valence electrons. The summed E-state index contributed by atoms with van der Waals surface area (Å²) in [5.74, 6) is 0.0168. The van der Waals surface area contributed by atoms with Crippen LogP contribution in [0, 0.1) is 11.7 Å². The second-order valence-electron chi connectivity index (χ2n) is 4.96. The van der Waals surface area contributed by atoms with E-state index in [0.717, 1.165) is 4.47 Å². The lowest BCUT2D eigenvalue weighted by Crippen LogP contribution is -2.40. The van der Waals surface area contributed by atoms with Gasteiger partial charge in [0.25, 0.3) is 0 Å². The van der Waals surface area contributed by atoms with Gasteiger partial charge in [-0.05, 0) is 43.9 Å². The van der Waals surface area contributed by atoms with Gasteiger partial charge in [0, 0.05) is 23.2 Å². The molecule has 0 radical (unpaired) electrons. The molecule has 1 aromatic rings. The molecule has 18 heavy (non-hydrogen) atoms. The quantitative estimate of drug-likeness (QED) is 0.845. The molecule has 1 rings (SSSR count). The first-order valence-corrected chi connectivity index (χ1v) is 7.04. The predicted molar refractivity (Wildman–Crippen MR) is 76.1 cm³/mol. The van der Waals surface area contributed by atoms with Gasteiger partial charge in [0.2, 0.25) is 0 Å². The van der Waals surface area contributed by atoms with Gasteiger partial charge in [0.15, 0.2) is 0 Å². The molecule has 0 aromatic heterocycles. The zero-order valence-electron chi connectivity index (χ0n) is 11.1. The number of hydrogen-bond acceptors (Lipinski definition) is 2. The van der Waals surface area contributed by atoms with Crippen molar-refractivity contribution in [2.24, 2.45) is 5.92 Å². The van der Waals surface area contributed by atoms with Crippen LogP contribution in [0.2, 0.25) is 0 Å². The Bertz CT molecular complexity index is 386. The minimum absolute atomic E-state index is 0.160. The Morgan fingerprint density at radius 1 is 1.33 bits per heavy atom. The number of aliphatic hydroxyl groups excluding tert-OH is 1. The first-order valence-electron chi connectivity index (χ1n) is 6.25. The van der Waals surface area contributed by atoms with Crippen molar-refractivity contribution in [1.29, 1.82) is 0 Å². The highest BCUT2D eigenvalue weighted by Gasteiger charge is 2.15. The molecule has 0 amide bonds. The molecule has 0 heterocycles. The number of halogens is 2. The first-order chi connectivity index (χ1) is 8.43. The zero-order chi connectivity index (χ0) is 13.7. The van der Waals surface area contributed by atoms with E-state index in [9.17, 15) is 4.39 Å². The fourth-order valence-electron chi connectivity index (χ4n) is 1.85. The fraction of sp³-hybridized carbons (Fsp3) is 0.571. The molecular weight excluding hydrogens is 297 g/mol. The lowest BCUT2D eigenvalue weighted by Gasteiger charge is -2.24. The van der Waals surface area contributed by atoms with Crippen LogP contribution in [0.1, 0.15) is 26.3 Å². The minimum Gasteiger partial charge on any atom is -0.396 e. The van der Waals surface area contributed by atoms with Crippen molar-refractivity contribution in [3.05, 3.63) is 34.1 Å². The van der Waals surface area contributed by atoms with E-state index >= 15 is 0 Å². The molecule has 3 unspecified atom stereocenters. The largest absolute Gasteiger partial charge is 0.396 e. The van der Waals surface area contributed by atoms with E-state index in [2.05, 4.69) is 21.2 Å². The Labute approximate surface area is 117 Å². The maximum Gasteiger partial charge on any atom is 0.127 e. The van der Waals surface area contributed by atoms with Crippen molar-refractivity contribution in [3.63, 3.8) is 0 Å². The van der Waals surface area contributed by atoms with E-state index in [4.69, 9.17) is 5.11 Å². The van der Waals surface area contributed by atoms with E-state index in [1.54, 1.807) is 6.07 Å². The van der Waals surface area contributed by atoms with E-state index in [-0.39, 0.29) is 30.4 Å². The van der Waals surface area contributed by atoms with Crippen LogP contribution in [0.15, 0.2) is 22.7 Å². The summed E-state index contributed by atoms with van der Waals surface area (Å²) in [6, 6.07) is 5.53. The number of rotatable bonds is 6. The normalized spacial score (nSPS) is 16.3. The zero-order valence-corrected chi connectivity index (χ0v) is 12.7. The molecule has 3 atom stereocenters. The highest BCUT2D eigenvalue weighted by molar-refractivity contribution is 9.10. The predicted octanol–water partition coefficient (Wildman–Crippen LogP) is 3.13. The van der Waals surface area contributed by atoms with Crippen molar-refractivity contribution in [1.82, 2.24) is 5.32 Å². The molecule has 0 fully saturated rings. The van der Waals surface area contributed by atoms with Gasteiger partial charge in [-0.1, -0.05) is 28.9 Å². The number of hydrogen-bond donors (Lipinski definition) is 2. The smallest absolute Gasteiger partial charge is 0.127 e. The number of aliphatic hydroxyl groups is 1. The van der Waals surface area contributed by atoms with Gasteiger partial charge in [-0.25, -0.2) is 4.39 Å². The maximum atomic E-state index is 13.7. The molecule has 0 spiro atoms. The summed E-state index contributed by atoms with van der Waals surface area (Å²) in [6.45, 7) is 6.22. The third-order valence-corrected chi connectivity index (χ3v) is 3.72. The van der Waals surface area contributed by atoms with Crippen molar-refractivity contribution >= 4 is 15.9 Å². The van der Waals surface area contributed by atoms with Gasteiger partial charge < -0.3 is 10.4 Å². The van der Waals surface area contributed by atoms with Gasteiger partial charge >= 0.3 is 0 Å². The summed E-state index contributed by atoms with van der Waals surface area (Å²) in [4.78, 5) is 0. The van der Waals surface area contributed by atoms with Crippen LogP contribution >= 0.6 is 15.9 Å². The van der Waals surface area contributed by atoms with Crippen LogP contribution in [-0.4, -0.2) is 23.8 Å². The monoisotopic (exact) mass is 317 g/mol. The van der Waals surface area contributed by atoms with Gasteiger partial charge in [0.1, 0.15) is 5.82 Å². The van der Waals surface area contributed by atoms with E-state index < -0.39 is 0 Å². The summed E-state index contributed by atoms with van der Waals surface area (Å²) in [7, 11) is 0. The number of nitrogens with one attached hydrogen (secondary N) is 1. The Kier molecular flexibility index (Phi) is 6.26. The van der Waals surface area contributed by atoms with Crippen molar-refractivity contribution in [2.75, 3.05) is 6.61 Å². The molecule has 0 aliphatic heterocycles. The Morgan fingerprint density at radius 2 is 2.00 bits per heavy atom. The third-order valence-electron chi connectivity index (χ3n) is 3.23. The second kappa shape index (κ2) is 7.22. The maximum absolute atomic E-state index is 13.7. The summed E-state index contributed by atoms with van der Waals surface area (Å²) in [6.07, 6.45) is 0.640. The molecule has 1 aromatic carbocycles. The summed E-state index contributed by atoms with van der Waals surface area (Å²) in [5.41, 5.74) is 0.710. The Hall–Kier alpha value is -0.450. The van der Waals surface area contributed by atoms with Gasteiger partial charge in [-0.2, -0.15) is 0 Å². The molecule has 0 aliphatic carbocycles. The summed E-state index contributed by atoms with van der Waals surface area (Å²) in [5, 5.41) is 12.5. The third kappa shape index (κ3) is 4.67. The van der Waals surface area contributed by atoms with Crippen LogP contribution in [0.5, 0.6) is 0 Å². The van der Waals surface area contributed by atoms with Gasteiger partial charge in [0.05, 0.1) is 0 Å². The van der Waals surface area contributed by atoms with Crippen LogP contribution in [0.3, 0.4) is 0 Å². The fourth-order valence-corrected chi connectivity index (χ4v) is 2.18. The molecule has 4 heteroatoms. The van der Waals surface area contributed by atoms with Gasteiger partial charge in [-0.3, -0.25) is 0 Å². The van der Waals surface area contributed by atoms with E-state index in [0.29, 0.717) is 12.0 Å². The van der Waals surface area contributed by atoms with E-state index in [1.807, 2.05) is 26.8 Å². The van der Waals surface area contributed by atoms with Crippen LogP contribution in [0.4, 0.5) is 4.39 Å². The van der Waals surface area contributed by atoms with Crippen molar-refractivity contribution < 1.29 is 9.50 Å². The molecule has 0 aliphatic rings. The standard InChI is InChI=1S/C14H21BrFNO/c1-9(8-18)11(3)17-10(2)6-12-4-5-13(15)7-14(12)16/h4-5,7,9-11,17-18H,6,8H2,1-3H3. The van der Waals surface area contributed by atoms with Gasteiger partial charge in [-0.15, -0.1) is 0 Å². The Balaban J connectivity index is 2.56. The van der Waals surface area contributed by atoms with Crippen LogP contribution in [-0.2, 0) is 6.42 Å². The van der Waals surface area contributed by atoms with Crippen molar-refractivity contribution in [2.45, 2.75) is 39.3 Å².